The van der Waals surface area contributed by atoms with Crippen molar-refractivity contribution >= 4 is 5.91 Å². The van der Waals surface area contributed by atoms with Gasteiger partial charge in [-0.15, -0.1) is 0 Å². The second kappa shape index (κ2) is 9.38. The van der Waals surface area contributed by atoms with Crippen LogP contribution in [-0.4, -0.2) is 25.7 Å². The third kappa shape index (κ3) is 4.74. The van der Waals surface area contributed by atoms with Crippen LogP contribution in [0, 0.1) is 16.7 Å². The molecular weight excluding hydrogens is 375 g/mol. The molecule has 0 aromatic heterocycles. The van der Waals surface area contributed by atoms with Gasteiger partial charge < -0.3 is 11.1 Å². The lowest BCUT2D eigenvalue weighted by atomic mass is 9.47. The summed E-state index contributed by atoms with van der Waals surface area (Å²) in [6, 6.07) is 11.0. The summed E-state index contributed by atoms with van der Waals surface area (Å²) >= 11 is 0. The minimum absolute atomic E-state index is 0.0814. The molecule has 1 aromatic carbocycles. The normalized spacial score (nSPS) is 36.4. The summed E-state index contributed by atoms with van der Waals surface area (Å²) in [5, 5.41) is 3.41. The summed E-state index contributed by atoms with van der Waals surface area (Å²) in [6.45, 7) is 4.03. The SMILES string of the molecule is CC1(C(=O)NC2CCCCC2)CC2CC(c3ccccc3)(C1)C[C@@](C)(CF)C2.CN. The van der Waals surface area contributed by atoms with E-state index < -0.39 is 0 Å². The first-order chi connectivity index (χ1) is 14.4. The Kier molecular flexibility index (Phi) is 7.27. The predicted octanol–water partition coefficient (Wildman–Crippen LogP) is 5.52. The molecule has 4 atom stereocenters. The molecule has 3 aliphatic carbocycles. The molecule has 3 aliphatic rings. The van der Waals surface area contributed by atoms with Crippen LogP contribution in [-0.2, 0) is 10.2 Å². The molecule has 4 heteroatoms. The van der Waals surface area contributed by atoms with E-state index in [0.29, 0.717) is 12.0 Å². The van der Waals surface area contributed by atoms with Gasteiger partial charge in [-0.3, -0.25) is 9.18 Å². The van der Waals surface area contributed by atoms with Crippen LogP contribution < -0.4 is 11.1 Å². The second-order valence-corrected chi connectivity index (χ2v) is 10.8. The molecule has 1 aromatic rings. The molecule has 0 heterocycles. The van der Waals surface area contributed by atoms with Gasteiger partial charge in [-0.25, -0.2) is 0 Å². The van der Waals surface area contributed by atoms with Crippen LogP contribution in [0.4, 0.5) is 4.39 Å². The van der Waals surface area contributed by atoms with Gasteiger partial charge in [0, 0.05) is 11.5 Å². The Morgan fingerprint density at radius 1 is 1.03 bits per heavy atom. The van der Waals surface area contributed by atoms with Crippen molar-refractivity contribution < 1.29 is 9.18 Å². The molecule has 0 saturated heterocycles. The summed E-state index contributed by atoms with van der Waals surface area (Å²) in [5.41, 5.74) is 5.10. The van der Waals surface area contributed by atoms with Gasteiger partial charge in [-0.1, -0.05) is 63.4 Å². The van der Waals surface area contributed by atoms with E-state index in [0.717, 1.165) is 44.9 Å². The van der Waals surface area contributed by atoms with E-state index in [1.807, 2.05) is 6.07 Å². The lowest BCUT2D eigenvalue weighted by Crippen LogP contribution is -2.55. The fraction of sp³-hybridized carbons (Fsp3) is 0.731. The standard InChI is InChI=1S/C25H36FNO.CH5N/c1-23(18-26)13-19-14-24(2,22(28)27-21-11-7-4-8-12-21)17-25(15-19,16-23)20-9-5-3-6-10-20;1-2/h3,5-6,9-10,19,21H,4,7-8,11-18H2,1-2H3,(H,27,28);2H2,1H3/t19?,23-,24?,25?;/m0./s1. The molecule has 0 spiro atoms. The van der Waals surface area contributed by atoms with Crippen LogP contribution >= 0.6 is 0 Å². The minimum Gasteiger partial charge on any atom is -0.353 e. The van der Waals surface area contributed by atoms with Crippen LogP contribution in [0.5, 0.6) is 0 Å². The first-order valence-corrected chi connectivity index (χ1v) is 11.9. The highest BCUT2D eigenvalue weighted by Gasteiger charge is 2.56. The summed E-state index contributed by atoms with van der Waals surface area (Å²) in [5.74, 6) is 0.666. The van der Waals surface area contributed by atoms with E-state index in [4.69, 9.17) is 0 Å². The number of rotatable bonds is 4. The Morgan fingerprint density at radius 3 is 2.33 bits per heavy atom. The zero-order valence-electron chi connectivity index (χ0n) is 19.2. The number of nitrogens with two attached hydrogens (primary N) is 1. The monoisotopic (exact) mass is 416 g/mol. The summed E-state index contributed by atoms with van der Waals surface area (Å²) in [4.78, 5) is 13.4. The molecule has 3 fully saturated rings. The van der Waals surface area contributed by atoms with Gasteiger partial charge in [0.25, 0.3) is 0 Å². The van der Waals surface area contributed by atoms with Crippen molar-refractivity contribution in [3.05, 3.63) is 35.9 Å². The summed E-state index contributed by atoms with van der Waals surface area (Å²) < 4.78 is 14.0. The fourth-order valence-electron chi connectivity index (χ4n) is 7.01. The highest BCUT2D eigenvalue weighted by molar-refractivity contribution is 5.83. The lowest BCUT2D eigenvalue weighted by molar-refractivity contribution is -0.139. The van der Waals surface area contributed by atoms with Crippen LogP contribution in [0.25, 0.3) is 0 Å². The number of amides is 1. The first kappa shape index (κ1) is 23.2. The average Bonchev–Trinajstić information content (AvgIpc) is 2.75. The van der Waals surface area contributed by atoms with Crippen molar-refractivity contribution in [3.8, 4) is 0 Å². The van der Waals surface area contributed by atoms with Crippen molar-refractivity contribution in [2.24, 2.45) is 22.5 Å². The number of halogens is 1. The topological polar surface area (TPSA) is 55.1 Å². The van der Waals surface area contributed by atoms with E-state index in [9.17, 15) is 9.18 Å². The number of carbonyl (C=O) groups excluding carboxylic acids is 1. The van der Waals surface area contributed by atoms with Gasteiger partial charge >= 0.3 is 0 Å². The Labute approximate surface area is 182 Å². The van der Waals surface area contributed by atoms with E-state index in [1.165, 1.54) is 31.9 Å². The van der Waals surface area contributed by atoms with E-state index in [-0.39, 0.29) is 28.8 Å². The number of hydrogen-bond acceptors (Lipinski definition) is 2. The first-order valence-electron chi connectivity index (χ1n) is 11.9. The Balaban J connectivity index is 0.00000124. The maximum atomic E-state index is 14.0. The number of fused-ring (bicyclic) bond motifs is 2. The molecule has 3 unspecified atom stereocenters. The highest BCUT2D eigenvalue weighted by Crippen LogP contribution is 2.61. The molecule has 3 nitrogen and oxygen atoms in total. The molecule has 2 bridgehead atoms. The van der Waals surface area contributed by atoms with Crippen LogP contribution in [0.3, 0.4) is 0 Å². The molecule has 3 saturated carbocycles. The average molecular weight is 417 g/mol. The number of alkyl halides is 1. The fourth-order valence-corrected chi connectivity index (χ4v) is 7.01. The van der Waals surface area contributed by atoms with Crippen LogP contribution in [0.15, 0.2) is 30.3 Å². The smallest absolute Gasteiger partial charge is 0.226 e. The number of benzene rings is 1. The predicted molar refractivity (Wildman–Crippen MR) is 122 cm³/mol. The Bertz CT molecular complexity index is 704. The second-order valence-electron chi connectivity index (χ2n) is 10.8. The molecule has 0 radical (unpaired) electrons. The Morgan fingerprint density at radius 2 is 1.70 bits per heavy atom. The quantitative estimate of drug-likeness (QED) is 0.678. The Hall–Kier alpha value is -1.42. The molecule has 30 heavy (non-hydrogen) atoms. The van der Waals surface area contributed by atoms with Crippen molar-refractivity contribution in [2.45, 2.75) is 89.5 Å². The maximum Gasteiger partial charge on any atom is 0.226 e. The van der Waals surface area contributed by atoms with Crippen molar-refractivity contribution in [1.29, 1.82) is 0 Å². The third-order valence-corrected chi connectivity index (χ3v) is 7.89. The molecule has 1 amide bonds. The number of nitrogens with one attached hydrogen (secondary N) is 1. The highest BCUT2D eigenvalue weighted by atomic mass is 19.1. The zero-order chi connectivity index (χ0) is 21.8. The van der Waals surface area contributed by atoms with Gasteiger partial charge in [0.15, 0.2) is 0 Å². The van der Waals surface area contributed by atoms with Gasteiger partial charge in [0.05, 0.1) is 6.67 Å². The van der Waals surface area contributed by atoms with Gasteiger partial charge in [0.1, 0.15) is 0 Å². The number of hydrogen-bond donors (Lipinski definition) is 2. The van der Waals surface area contributed by atoms with Crippen molar-refractivity contribution in [3.63, 3.8) is 0 Å². The molecule has 4 rings (SSSR count). The lowest BCUT2D eigenvalue weighted by Gasteiger charge is -2.57. The van der Waals surface area contributed by atoms with Crippen LogP contribution in [0.2, 0.25) is 0 Å². The van der Waals surface area contributed by atoms with Gasteiger partial charge in [0.2, 0.25) is 5.91 Å². The summed E-state index contributed by atoms with van der Waals surface area (Å²) in [7, 11) is 1.50. The third-order valence-electron chi connectivity index (χ3n) is 7.89. The van der Waals surface area contributed by atoms with E-state index in [1.54, 1.807) is 0 Å². The van der Waals surface area contributed by atoms with Crippen molar-refractivity contribution in [2.75, 3.05) is 13.7 Å². The largest absolute Gasteiger partial charge is 0.353 e. The number of carbonyl (C=O) groups is 1. The molecule has 3 N–H and O–H groups in total. The summed E-state index contributed by atoms with van der Waals surface area (Å²) in [6.07, 6.45) is 10.6. The van der Waals surface area contributed by atoms with Gasteiger partial charge in [-0.05, 0) is 74.3 Å². The van der Waals surface area contributed by atoms with Crippen molar-refractivity contribution in [1.82, 2.24) is 5.32 Å². The molecular formula is C26H41FN2O. The zero-order valence-corrected chi connectivity index (χ0v) is 19.2. The molecule has 168 valence electrons. The van der Waals surface area contributed by atoms with E-state index >= 15 is 0 Å². The minimum atomic E-state index is -0.353. The van der Waals surface area contributed by atoms with Crippen LogP contribution in [0.1, 0.15) is 83.6 Å². The van der Waals surface area contributed by atoms with E-state index in [2.05, 4.69) is 49.2 Å². The van der Waals surface area contributed by atoms with Gasteiger partial charge in [-0.2, -0.15) is 0 Å². The maximum absolute atomic E-state index is 14.0. The molecule has 0 aliphatic heterocycles.